The van der Waals surface area contributed by atoms with Gasteiger partial charge >= 0.3 is 6.18 Å². The molecule has 0 unspecified atom stereocenters. The number of carbonyl (C=O) groups is 1. The van der Waals surface area contributed by atoms with E-state index in [-0.39, 0.29) is 18.2 Å². The molecule has 1 rings (SSSR count). The molecular weight excluding hydrogens is 249 g/mol. The van der Waals surface area contributed by atoms with Gasteiger partial charge in [-0.05, 0) is 30.7 Å². The molecular formula is C11H13F3N2O2. The standard InChI is InChI=1S/C11H13F3N2O2/c1-7-4-8(16-10(17)5-15)2-3-9(7)18-6-11(12,13)14/h2-4H,5-6,15H2,1H3,(H,16,17). The van der Waals surface area contributed by atoms with Gasteiger partial charge in [-0.15, -0.1) is 0 Å². The van der Waals surface area contributed by atoms with E-state index in [4.69, 9.17) is 5.73 Å². The van der Waals surface area contributed by atoms with E-state index < -0.39 is 12.8 Å². The van der Waals surface area contributed by atoms with Crippen molar-refractivity contribution in [1.82, 2.24) is 0 Å². The Kier molecular flexibility index (Phi) is 4.55. The van der Waals surface area contributed by atoms with E-state index >= 15 is 0 Å². The predicted octanol–water partition coefficient (Wildman–Crippen LogP) is 1.83. The van der Waals surface area contributed by atoms with Gasteiger partial charge in [-0.25, -0.2) is 0 Å². The fraction of sp³-hybridized carbons (Fsp3) is 0.364. The molecule has 0 heterocycles. The summed E-state index contributed by atoms with van der Waals surface area (Å²) in [6.07, 6.45) is -4.38. The summed E-state index contributed by atoms with van der Waals surface area (Å²) in [4.78, 5) is 11.0. The molecule has 4 nitrogen and oxygen atoms in total. The Bertz CT molecular complexity index is 433. The van der Waals surface area contributed by atoms with Gasteiger partial charge in [-0.3, -0.25) is 4.79 Å². The van der Waals surface area contributed by atoms with Crippen LogP contribution in [0.15, 0.2) is 18.2 Å². The number of nitrogens with two attached hydrogens (primary N) is 1. The topological polar surface area (TPSA) is 64.4 Å². The zero-order valence-corrected chi connectivity index (χ0v) is 9.67. The Balaban J connectivity index is 2.71. The summed E-state index contributed by atoms with van der Waals surface area (Å²) in [5.41, 5.74) is 6.08. The highest BCUT2D eigenvalue weighted by molar-refractivity contribution is 5.92. The number of hydrogen-bond donors (Lipinski definition) is 2. The molecule has 0 atom stereocenters. The molecule has 0 saturated carbocycles. The number of alkyl halides is 3. The molecule has 0 radical (unpaired) electrons. The van der Waals surface area contributed by atoms with Gasteiger partial charge in [0.15, 0.2) is 6.61 Å². The molecule has 1 amide bonds. The zero-order valence-electron chi connectivity index (χ0n) is 9.67. The SMILES string of the molecule is Cc1cc(NC(=O)CN)ccc1OCC(F)(F)F. The number of hydrogen-bond acceptors (Lipinski definition) is 3. The van der Waals surface area contributed by atoms with Crippen LogP contribution in [0.2, 0.25) is 0 Å². The maximum Gasteiger partial charge on any atom is 0.422 e. The summed E-state index contributed by atoms with van der Waals surface area (Å²) >= 11 is 0. The largest absolute Gasteiger partial charge is 0.484 e. The van der Waals surface area contributed by atoms with E-state index in [1.807, 2.05) is 0 Å². The van der Waals surface area contributed by atoms with Gasteiger partial charge in [0, 0.05) is 5.69 Å². The monoisotopic (exact) mass is 262 g/mol. The Morgan fingerprint density at radius 2 is 2.11 bits per heavy atom. The van der Waals surface area contributed by atoms with Gasteiger partial charge < -0.3 is 15.8 Å². The molecule has 1 aromatic rings. The van der Waals surface area contributed by atoms with E-state index in [0.29, 0.717) is 11.3 Å². The van der Waals surface area contributed by atoms with Crippen molar-refractivity contribution in [1.29, 1.82) is 0 Å². The third-order valence-electron chi connectivity index (χ3n) is 2.04. The Labute approximate surface area is 102 Å². The van der Waals surface area contributed by atoms with Crippen LogP contribution in [0.4, 0.5) is 18.9 Å². The molecule has 0 bridgehead atoms. The molecule has 0 aromatic heterocycles. The van der Waals surface area contributed by atoms with Crippen molar-refractivity contribution in [3.05, 3.63) is 23.8 Å². The zero-order chi connectivity index (χ0) is 13.8. The number of benzene rings is 1. The fourth-order valence-electron chi connectivity index (χ4n) is 1.26. The van der Waals surface area contributed by atoms with Gasteiger partial charge in [0.1, 0.15) is 5.75 Å². The molecule has 18 heavy (non-hydrogen) atoms. The number of aryl methyl sites for hydroxylation is 1. The van der Waals surface area contributed by atoms with E-state index in [1.54, 1.807) is 6.92 Å². The highest BCUT2D eigenvalue weighted by Gasteiger charge is 2.28. The van der Waals surface area contributed by atoms with Gasteiger partial charge in [-0.2, -0.15) is 13.2 Å². The molecule has 100 valence electrons. The number of nitrogens with one attached hydrogen (secondary N) is 1. The molecule has 0 aliphatic carbocycles. The minimum atomic E-state index is -4.38. The normalized spacial score (nSPS) is 11.2. The van der Waals surface area contributed by atoms with E-state index in [2.05, 4.69) is 10.1 Å². The average Bonchev–Trinajstić information content (AvgIpc) is 2.26. The van der Waals surface area contributed by atoms with Gasteiger partial charge in [0.2, 0.25) is 5.91 Å². The summed E-state index contributed by atoms with van der Waals surface area (Å²) in [7, 11) is 0. The van der Waals surface area contributed by atoms with Gasteiger partial charge in [0.05, 0.1) is 6.54 Å². The molecule has 1 aromatic carbocycles. The number of rotatable bonds is 4. The van der Waals surface area contributed by atoms with Crippen molar-refractivity contribution in [2.45, 2.75) is 13.1 Å². The van der Waals surface area contributed by atoms with Crippen LogP contribution in [0.5, 0.6) is 5.75 Å². The van der Waals surface area contributed by atoms with Crippen molar-refractivity contribution in [3.63, 3.8) is 0 Å². The number of halogens is 3. The first-order valence-corrected chi connectivity index (χ1v) is 5.12. The molecule has 0 fully saturated rings. The highest BCUT2D eigenvalue weighted by atomic mass is 19.4. The summed E-state index contributed by atoms with van der Waals surface area (Å²) in [5.74, 6) is -0.253. The lowest BCUT2D eigenvalue weighted by atomic mass is 10.2. The smallest absolute Gasteiger partial charge is 0.422 e. The van der Waals surface area contributed by atoms with Gasteiger partial charge in [0.25, 0.3) is 0 Å². The minimum Gasteiger partial charge on any atom is -0.484 e. The third-order valence-corrected chi connectivity index (χ3v) is 2.04. The summed E-state index contributed by atoms with van der Waals surface area (Å²) < 4.78 is 40.5. The molecule has 7 heteroatoms. The van der Waals surface area contributed by atoms with Crippen LogP contribution in [0.3, 0.4) is 0 Å². The molecule has 0 spiro atoms. The average molecular weight is 262 g/mol. The van der Waals surface area contributed by atoms with Crippen LogP contribution in [0.1, 0.15) is 5.56 Å². The maximum atomic E-state index is 12.0. The second-order valence-electron chi connectivity index (χ2n) is 3.64. The van der Waals surface area contributed by atoms with Crippen molar-refractivity contribution < 1.29 is 22.7 Å². The van der Waals surface area contributed by atoms with E-state index in [9.17, 15) is 18.0 Å². The number of amides is 1. The Morgan fingerprint density at radius 3 is 2.61 bits per heavy atom. The van der Waals surface area contributed by atoms with E-state index in [0.717, 1.165) is 0 Å². The Morgan fingerprint density at radius 1 is 1.44 bits per heavy atom. The molecule has 3 N–H and O–H groups in total. The second kappa shape index (κ2) is 5.72. The lowest BCUT2D eigenvalue weighted by molar-refractivity contribution is -0.153. The quantitative estimate of drug-likeness (QED) is 0.870. The van der Waals surface area contributed by atoms with Crippen molar-refractivity contribution in [2.75, 3.05) is 18.5 Å². The molecule has 0 aliphatic heterocycles. The number of ether oxygens (including phenoxy) is 1. The van der Waals surface area contributed by atoms with Crippen LogP contribution in [-0.2, 0) is 4.79 Å². The van der Waals surface area contributed by atoms with Crippen LogP contribution >= 0.6 is 0 Å². The predicted molar refractivity (Wildman–Crippen MR) is 60.4 cm³/mol. The lowest BCUT2D eigenvalue weighted by Gasteiger charge is -2.12. The van der Waals surface area contributed by atoms with Crippen LogP contribution < -0.4 is 15.8 Å². The van der Waals surface area contributed by atoms with Gasteiger partial charge in [-0.1, -0.05) is 0 Å². The molecule has 0 saturated heterocycles. The summed E-state index contributed by atoms with van der Waals surface area (Å²) in [6, 6.07) is 4.33. The van der Waals surface area contributed by atoms with Crippen LogP contribution in [-0.4, -0.2) is 25.2 Å². The first-order chi connectivity index (χ1) is 8.31. The Hall–Kier alpha value is -1.76. The van der Waals surface area contributed by atoms with Crippen molar-refractivity contribution in [2.24, 2.45) is 5.73 Å². The minimum absolute atomic E-state index is 0.123. The van der Waals surface area contributed by atoms with Crippen LogP contribution in [0.25, 0.3) is 0 Å². The number of anilines is 1. The fourth-order valence-corrected chi connectivity index (χ4v) is 1.26. The van der Waals surface area contributed by atoms with Crippen molar-refractivity contribution >= 4 is 11.6 Å². The van der Waals surface area contributed by atoms with Crippen molar-refractivity contribution in [3.8, 4) is 5.75 Å². The highest BCUT2D eigenvalue weighted by Crippen LogP contribution is 2.24. The summed E-state index contributed by atoms with van der Waals surface area (Å²) in [6.45, 7) is 0.0809. The summed E-state index contributed by atoms with van der Waals surface area (Å²) in [5, 5.41) is 2.49. The van der Waals surface area contributed by atoms with Crippen LogP contribution in [0, 0.1) is 6.92 Å². The third kappa shape index (κ3) is 4.62. The first kappa shape index (κ1) is 14.3. The lowest BCUT2D eigenvalue weighted by Crippen LogP contribution is -2.22. The molecule has 0 aliphatic rings. The second-order valence-corrected chi connectivity index (χ2v) is 3.64. The van der Waals surface area contributed by atoms with E-state index in [1.165, 1.54) is 18.2 Å². The first-order valence-electron chi connectivity index (χ1n) is 5.12. The maximum absolute atomic E-state index is 12.0. The number of carbonyl (C=O) groups excluding carboxylic acids is 1.